The Hall–Kier alpha value is -1.11. The van der Waals surface area contributed by atoms with Gasteiger partial charge in [0, 0.05) is 6.54 Å². The molecule has 0 aliphatic heterocycles. The Morgan fingerprint density at radius 2 is 1.83 bits per heavy atom. The number of carbonyl (C=O) groups excluding carboxylic acids is 1. The third-order valence-corrected chi connectivity index (χ3v) is 4.52. The van der Waals surface area contributed by atoms with Crippen LogP contribution in [0.4, 0.5) is 0 Å². The molecule has 106 valence electrons. The molecule has 2 N–H and O–H groups in total. The van der Waals surface area contributed by atoms with Crippen LogP contribution in [0.25, 0.3) is 0 Å². The summed E-state index contributed by atoms with van der Waals surface area (Å²) < 4.78 is 23.3. The van der Waals surface area contributed by atoms with Crippen LogP contribution in [0.5, 0.6) is 0 Å². The molecule has 0 aliphatic carbocycles. The van der Waals surface area contributed by atoms with Crippen LogP contribution in [-0.4, -0.2) is 42.9 Å². The Morgan fingerprint density at radius 1 is 1.28 bits per heavy atom. The van der Waals surface area contributed by atoms with Crippen LogP contribution in [-0.2, 0) is 19.4 Å². The van der Waals surface area contributed by atoms with Crippen LogP contribution in [0.3, 0.4) is 0 Å². The van der Waals surface area contributed by atoms with E-state index in [2.05, 4.69) is 5.32 Å². The van der Waals surface area contributed by atoms with Crippen molar-refractivity contribution in [2.75, 3.05) is 12.3 Å². The van der Waals surface area contributed by atoms with Crippen molar-refractivity contribution in [2.24, 2.45) is 5.92 Å². The molecule has 0 saturated heterocycles. The first-order chi connectivity index (χ1) is 8.20. The summed E-state index contributed by atoms with van der Waals surface area (Å²) >= 11 is 0. The van der Waals surface area contributed by atoms with Gasteiger partial charge in [-0.25, -0.2) is 8.42 Å². The highest BCUT2D eigenvalue weighted by Gasteiger charge is 2.32. The largest absolute Gasteiger partial charge is 0.480 e. The molecule has 0 aromatic heterocycles. The molecule has 1 atom stereocenters. The molecule has 0 spiro atoms. The Balaban J connectivity index is 4.40. The average molecular weight is 279 g/mol. The van der Waals surface area contributed by atoms with E-state index in [1.54, 1.807) is 0 Å². The highest BCUT2D eigenvalue weighted by Crippen LogP contribution is 2.07. The normalized spacial score (nSPS) is 13.3. The van der Waals surface area contributed by atoms with Gasteiger partial charge in [0.2, 0.25) is 5.91 Å². The van der Waals surface area contributed by atoms with Gasteiger partial charge in [0.15, 0.2) is 15.1 Å². The number of nitrogens with one attached hydrogen (secondary N) is 1. The van der Waals surface area contributed by atoms with Crippen molar-refractivity contribution in [2.45, 2.75) is 38.9 Å². The predicted molar refractivity (Wildman–Crippen MR) is 68.0 cm³/mol. The molecule has 0 rings (SSSR count). The molecule has 0 aliphatic rings. The number of carboxylic acid groups (broad SMARTS) is 1. The van der Waals surface area contributed by atoms with Crippen LogP contribution in [0.2, 0.25) is 0 Å². The van der Waals surface area contributed by atoms with Gasteiger partial charge in [0.05, 0.1) is 0 Å². The van der Waals surface area contributed by atoms with E-state index in [9.17, 15) is 18.0 Å². The number of hydrogen-bond donors (Lipinski definition) is 2. The smallest absolute Gasteiger partial charge is 0.321 e. The van der Waals surface area contributed by atoms with Crippen LogP contribution in [0.1, 0.15) is 33.6 Å². The van der Waals surface area contributed by atoms with Crippen molar-refractivity contribution in [3.8, 4) is 0 Å². The first-order valence-electron chi connectivity index (χ1n) is 5.91. The highest BCUT2D eigenvalue weighted by molar-refractivity contribution is 7.93. The van der Waals surface area contributed by atoms with E-state index >= 15 is 0 Å². The monoisotopic (exact) mass is 279 g/mol. The van der Waals surface area contributed by atoms with E-state index in [-0.39, 0.29) is 6.42 Å². The van der Waals surface area contributed by atoms with E-state index in [1.807, 2.05) is 13.8 Å². The second-order valence-electron chi connectivity index (χ2n) is 4.57. The molecule has 0 aromatic rings. The maximum atomic E-state index is 11.7. The highest BCUT2D eigenvalue weighted by atomic mass is 32.2. The summed E-state index contributed by atoms with van der Waals surface area (Å²) in [6, 6.07) is 0. The van der Waals surface area contributed by atoms with Crippen molar-refractivity contribution in [3.63, 3.8) is 0 Å². The fraction of sp³-hybridized carbons (Fsp3) is 0.818. The molecule has 0 radical (unpaired) electrons. The second-order valence-corrected chi connectivity index (χ2v) is 6.76. The van der Waals surface area contributed by atoms with Gasteiger partial charge in [-0.2, -0.15) is 0 Å². The lowest BCUT2D eigenvalue weighted by atomic mass is 10.1. The standard InChI is InChI=1S/C11H21NO5S/c1-4-9(11(14)15)18(16,17)7-10(13)12-6-5-8(2)3/h8-9H,4-7H2,1-3H3,(H,12,13)(H,14,15). The Labute approximate surface area is 108 Å². The number of aliphatic carboxylic acids is 1. The quantitative estimate of drug-likeness (QED) is 0.671. The average Bonchev–Trinajstić information content (AvgIpc) is 2.15. The zero-order valence-corrected chi connectivity index (χ0v) is 11.8. The fourth-order valence-corrected chi connectivity index (χ4v) is 2.90. The summed E-state index contributed by atoms with van der Waals surface area (Å²) in [7, 11) is -3.93. The lowest BCUT2D eigenvalue weighted by Gasteiger charge is -2.11. The van der Waals surface area contributed by atoms with E-state index < -0.39 is 32.7 Å². The lowest BCUT2D eigenvalue weighted by Crippen LogP contribution is -2.38. The number of carbonyl (C=O) groups is 2. The molecule has 7 heteroatoms. The summed E-state index contributed by atoms with van der Waals surface area (Å²) in [6.07, 6.45) is 0.707. The zero-order valence-electron chi connectivity index (χ0n) is 11.0. The summed E-state index contributed by atoms with van der Waals surface area (Å²) in [5.41, 5.74) is 0. The van der Waals surface area contributed by atoms with Crippen LogP contribution < -0.4 is 5.32 Å². The van der Waals surface area contributed by atoms with Gasteiger partial charge >= 0.3 is 5.97 Å². The molecule has 0 aromatic carbocycles. The van der Waals surface area contributed by atoms with Crippen LogP contribution in [0, 0.1) is 5.92 Å². The van der Waals surface area contributed by atoms with Gasteiger partial charge in [0.25, 0.3) is 0 Å². The Kier molecular flexibility index (Phi) is 6.90. The van der Waals surface area contributed by atoms with Gasteiger partial charge in [-0.1, -0.05) is 20.8 Å². The first-order valence-corrected chi connectivity index (χ1v) is 7.63. The maximum absolute atomic E-state index is 11.7. The number of sulfone groups is 1. The second kappa shape index (κ2) is 7.35. The molecule has 0 bridgehead atoms. The van der Waals surface area contributed by atoms with Gasteiger partial charge in [-0.15, -0.1) is 0 Å². The minimum Gasteiger partial charge on any atom is -0.480 e. The summed E-state index contributed by atoms with van der Waals surface area (Å²) in [6.45, 7) is 5.84. The van der Waals surface area contributed by atoms with Crippen LogP contribution >= 0.6 is 0 Å². The molecule has 6 nitrogen and oxygen atoms in total. The lowest BCUT2D eigenvalue weighted by molar-refractivity contribution is -0.136. The summed E-state index contributed by atoms with van der Waals surface area (Å²) in [4.78, 5) is 22.2. The van der Waals surface area contributed by atoms with Gasteiger partial charge in [-0.3, -0.25) is 9.59 Å². The van der Waals surface area contributed by atoms with Gasteiger partial charge in [0.1, 0.15) is 5.75 Å². The van der Waals surface area contributed by atoms with Crippen molar-refractivity contribution >= 4 is 21.7 Å². The zero-order chi connectivity index (χ0) is 14.3. The molecule has 0 saturated carbocycles. The third-order valence-electron chi connectivity index (χ3n) is 2.46. The number of rotatable bonds is 8. The van der Waals surface area contributed by atoms with Gasteiger partial charge < -0.3 is 10.4 Å². The minimum atomic E-state index is -3.93. The van der Waals surface area contributed by atoms with Crippen molar-refractivity contribution in [1.82, 2.24) is 5.32 Å². The summed E-state index contributed by atoms with van der Waals surface area (Å²) in [5, 5.41) is 9.73. The number of amides is 1. The SMILES string of the molecule is CCC(C(=O)O)S(=O)(=O)CC(=O)NCCC(C)C. The maximum Gasteiger partial charge on any atom is 0.321 e. The molecule has 1 amide bonds. The molecule has 1 unspecified atom stereocenters. The first kappa shape index (κ1) is 16.9. The third kappa shape index (κ3) is 6.00. The Morgan fingerprint density at radius 3 is 2.22 bits per heavy atom. The molecular weight excluding hydrogens is 258 g/mol. The molecule has 0 heterocycles. The van der Waals surface area contributed by atoms with E-state index in [4.69, 9.17) is 5.11 Å². The molecule has 0 fully saturated rings. The Bertz CT molecular complexity index is 388. The van der Waals surface area contributed by atoms with Crippen molar-refractivity contribution in [3.05, 3.63) is 0 Å². The molecular formula is C11H21NO5S. The van der Waals surface area contributed by atoms with Crippen molar-refractivity contribution < 1.29 is 23.1 Å². The number of carboxylic acids is 1. The summed E-state index contributed by atoms with van der Waals surface area (Å²) in [5.74, 6) is -2.41. The van der Waals surface area contributed by atoms with E-state index in [0.29, 0.717) is 12.5 Å². The predicted octanol–water partition coefficient (Wildman–Crippen LogP) is 0.427. The van der Waals surface area contributed by atoms with Crippen LogP contribution in [0.15, 0.2) is 0 Å². The van der Waals surface area contributed by atoms with E-state index in [0.717, 1.165) is 6.42 Å². The van der Waals surface area contributed by atoms with E-state index in [1.165, 1.54) is 6.92 Å². The molecule has 18 heavy (non-hydrogen) atoms. The fourth-order valence-electron chi connectivity index (χ4n) is 1.42. The minimum absolute atomic E-state index is 0.0447. The number of hydrogen-bond acceptors (Lipinski definition) is 4. The topological polar surface area (TPSA) is 101 Å². The van der Waals surface area contributed by atoms with Gasteiger partial charge in [-0.05, 0) is 18.8 Å². The van der Waals surface area contributed by atoms with Crippen molar-refractivity contribution in [1.29, 1.82) is 0 Å².